The van der Waals surface area contributed by atoms with Crippen molar-refractivity contribution in [2.75, 3.05) is 0 Å². The molecule has 0 radical (unpaired) electrons. The summed E-state index contributed by atoms with van der Waals surface area (Å²) in [6.07, 6.45) is 7.49. The third-order valence-corrected chi connectivity index (χ3v) is 8.82. The third-order valence-electron chi connectivity index (χ3n) is 8.82. The van der Waals surface area contributed by atoms with Crippen molar-refractivity contribution in [1.29, 1.82) is 0 Å². The molecule has 0 heterocycles. The molecular weight excluding hydrogens is 272 g/mol. The molecule has 0 aliphatic heterocycles. The zero-order chi connectivity index (χ0) is 15.9. The standard InChI is InChI=1S/C20H32O2/c1-12-13-10-15-19(4)8-5-7-18(2,3)14(19)6-9-20(15,17(12)22)16(21)11-13/h12-15,17,22H,5-11H2,1-4H3/t12-,13-,14-,15+,17+,19-,20+/m1/s1. The largest absolute Gasteiger partial charge is 0.392 e. The van der Waals surface area contributed by atoms with Gasteiger partial charge in [0.15, 0.2) is 0 Å². The van der Waals surface area contributed by atoms with Gasteiger partial charge in [0.05, 0.1) is 11.5 Å². The first-order valence-corrected chi connectivity index (χ1v) is 9.45. The van der Waals surface area contributed by atoms with Gasteiger partial charge >= 0.3 is 0 Å². The lowest BCUT2D eigenvalue weighted by atomic mass is 9.35. The number of hydrogen-bond donors (Lipinski definition) is 1. The number of hydrogen-bond acceptors (Lipinski definition) is 2. The SMILES string of the molecule is C[C@@H]1[C@H]2CC(=O)[C@@]3(CC[C@@H]4C(C)(C)CCC[C@@]4(C)[C@@H]3C2)[C@H]1O. The molecule has 0 saturated heterocycles. The Labute approximate surface area is 135 Å². The molecule has 5 saturated carbocycles. The highest BCUT2D eigenvalue weighted by Crippen LogP contribution is 2.71. The van der Waals surface area contributed by atoms with Crippen LogP contribution in [0.15, 0.2) is 0 Å². The smallest absolute Gasteiger partial charge is 0.142 e. The summed E-state index contributed by atoms with van der Waals surface area (Å²) in [6.45, 7) is 9.53. The molecule has 7 atom stereocenters. The van der Waals surface area contributed by atoms with Crippen LogP contribution in [0.5, 0.6) is 0 Å². The Hall–Kier alpha value is -0.370. The predicted octanol–water partition coefficient (Wildman–Crippen LogP) is 4.21. The quantitative estimate of drug-likeness (QED) is 0.728. The minimum absolute atomic E-state index is 0.259. The molecule has 1 spiro atoms. The molecule has 5 aliphatic rings. The van der Waals surface area contributed by atoms with Crippen LogP contribution in [0.2, 0.25) is 0 Å². The molecule has 0 unspecified atom stereocenters. The predicted molar refractivity (Wildman–Crippen MR) is 87.3 cm³/mol. The summed E-state index contributed by atoms with van der Waals surface area (Å²) in [5, 5.41) is 11.0. The lowest BCUT2D eigenvalue weighted by molar-refractivity contribution is -0.228. The monoisotopic (exact) mass is 304 g/mol. The molecule has 0 aromatic rings. The molecule has 5 rings (SSSR count). The number of Topliss-reactive ketones (excluding diaryl/α,β-unsaturated/α-hetero) is 1. The highest BCUT2D eigenvalue weighted by Gasteiger charge is 2.69. The van der Waals surface area contributed by atoms with E-state index in [1.165, 1.54) is 25.7 Å². The zero-order valence-electron chi connectivity index (χ0n) is 14.7. The van der Waals surface area contributed by atoms with Crippen molar-refractivity contribution in [3.05, 3.63) is 0 Å². The zero-order valence-corrected chi connectivity index (χ0v) is 14.7. The second-order valence-electron chi connectivity index (χ2n) is 9.96. The number of fused-ring (bicyclic) bond motifs is 3. The highest BCUT2D eigenvalue weighted by atomic mass is 16.3. The summed E-state index contributed by atoms with van der Waals surface area (Å²) in [7, 11) is 0. The molecule has 124 valence electrons. The Morgan fingerprint density at radius 1 is 1.09 bits per heavy atom. The normalized spacial score (nSPS) is 56.4. The molecule has 2 bridgehead atoms. The van der Waals surface area contributed by atoms with Crippen molar-refractivity contribution in [3.8, 4) is 0 Å². The highest BCUT2D eigenvalue weighted by molar-refractivity contribution is 5.88. The van der Waals surface area contributed by atoms with E-state index in [1.54, 1.807) is 0 Å². The van der Waals surface area contributed by atoms with Crippen LogP contribution in [0.1, 0.15) is 72.6 Å². The van der Waals surface area contributed by atoms with Crippen LogP contribution in [0.25, 0.3) is 0 Å². The molecule has 0 aromatic heterocycles. The van der Waals surface area contributed by atoms with Crippen LogP contribution >= 0.6 is 0 Å². The lowest BCUT2D eigenvalue weighted by Gasteiger charge is -2.69. The van der Waals surface area contributed by atoms with E-state index in [0.717, 1.165) is 25.2 Å². The number of carbonyl (C=O) groups excluding carboxylic acids is 1. The Bertz CT molecular complexity index is 510. The summed E-state index contributed by atoms with van der Waals surface area (Å²) in [5.74, 6) is 2.29. The second-order valence-corrected chi connectivity index (χ2v) is 9.96. The van der Waals surface area contributed by atoms with Crippen LogP contribution in [0, 0.1) is 39.9 Å². The summed E-state index contributed by atoms with van der Waals surface area (Å²) < 4.78 is 0. The molecule has 0 aromatic carbocycles. The van der Waals surface area contributed by atoms with E-state index in [0.29, 0.717) is 29.0 Å². The number of aliphatic hydroxyl groups is 1. The lowest BCUT2D eigenvalue weighted by Crippen LogP contribution is -2.69. The van der Waals surface area contributed by atoms with Crippen molar-refractivity contribution in [2.45, 2.75) is 78.7 Å². The van der Waals surface area contributed by atoms with Gasteiger partial charge in [-0.15, -0.1) is 0 Å². The maximum absolute atomic E-state index is 13.0. The van der Waals surface area contributed by atoms with Crippen LogP contribution in [0.3, 0.4) is 0 Å². The van der Waals surface area contributed by atoms with E-state index >= 15 is 0 Å². The first kappa shape index (κ1) is 15.2. The van der Waals surface area contributed by atoms with E-state index in [2.05, 4.69) is 27.7 Å². The Morgan fingerprint density at radius 3 is 2.55 bits per heavy atom. The maximum Gasteiger partial charge on any atom is 0.142 e. The van der Waals surface area contributed by atoms with Crippen molar-refractivity contribution in [3.63, 3.8) is 0 Å². The molecule has 2 nitrogen and oxygen atoms in total. The molecule has 5 fully saturated rings. The van der Waals surface area contributed by atoms with E-state index < -0.39 is 5.41 Å². The van der Waals surface area contributed by atoms with Gasteiger partial charge in [-0.25, -0.2) is 0 Å². The number of ketones is 1. The van der Waals surface area contributed by atoms with Gasteiger partial charge in [-0.05, 0) is 66.6 Å². The Kier molecular flexibility index (Phi) is 3.02. The summed E-state index contributed by atoms with van der Waals surface area (Å²) in [4.78, 5) is 13.0. The van der Waals surface area contributed by atoms with Crippen molar-refractivity contribution >= 4 is 5.78 Å². The Morgan fingerprint density at radius 2 is 1.82 bits per heavy atom. The summed E-state index contributed by atoms with van der Waals surface area (Å²) >= 11 is 0. The van der Waals surface area contributed by atoms with Crippen LogP contribution in [-0.2, 0) is 4.79 Å². The first-order valence-electron chi connectivity index (χ1n) is 9.45. The van der Waals surface area contributed by atoms with E-state index in [9.17, 15) is 9.90 Å². The molecule has 2 heteroatoms. The topological polar surface area (TPSA) is 37.3 Å². The summed E-state index contributed by atoms with van der Waals surface area (Å²) in [5.41, 5.74) is 0.257. The maximum atomic E-state index is 13.0. The fourth-order valence-corrected chi connectivity index (χ4v) is 7.72. The van der Waals surface area contributed by atoms with Crippen molar-refractivity contribution in [1.82, 2.24) is 0 Å². The minimum Gasteiger partial charge on any atom is -0.392 e. The van der Waals surface area contributed by atoms with Gasteiger partial charge in [0.2, 0.25) is 0 Å². The van der Waals surface area contributed by atoms with Crippen LogP contribution < -0.4 is 0 Å². The number of aliphatic hydroxyl groups excluding tert-OH is 1. The second kappa shape index (κ2) is 4.37. The molecule has 22 heavy (non-hydrogen) atoms. The number of carbonyl (C=O) groups is 1. The fourth-order valence-electron chi connectivity index (χ4n) is 7.72. The van der Waals surface area contributed by atoms with Crippen molar-refractivity contribution in [2.24, 2.45) is 39.9 Å². The van der Waals surface area contributed by atoms with E-state index in [1.807, 2.05) is 0 Å². The van der Waals surface area contributed by atoms with E-state index in [-0.39, 0.29) is 11.5 Å². The summed E-state index contributed by atoms with van der Waals surface area (Å²) in [6, 6.07) is 0. The van der Waals surface area contributed by atoms with Gasteiger partial charge in [-0.1, -0.05) is 34.1 Å². The van der Waals surface area contributed by atoms with E-state index in [4.69, 9.17) is 0 Å². The molecule has 5 aliphatic carbocycles. The molecule has 0 amide bonds. The van der Waals surface area contributed by atoms with Crippen LogP contribution in [-0.4, -0.2) is 17.0 Å². The van der Waals surface area contributed by atoms with Gasteiger partial charge in [-0.2, -0.15) is 0 Å². The first-order chi connectivity index (χ1) is 10.2. The molecule has 1 N–H and O–H groups in total. The fraction of sp³-hybridized carbons (Fsp3) is 0.950. The van der Waals surface area contributed by atoms with Gasteiger partial charge in [0, 0.05) is 6.42 Å². The minimum atomic E-state index is -0.396. The number of rotatable bonds is 0. The average molecular weight is 304 g/mol. The third kappa shape index (κ3) is 1.58. The Balaban J connectivity index is 1.81. The van der Waals surface area contributed by atoms with Crippen molar-refractivity contribution < 1.29 is 9.90 Å². The van der Waals surface area contributed by atoms with Gasteiger partial charge in [-0.3, -0.25) is 4.79 Å². The van der Waals surface area contributed by atoms with Gasteiger partial charge < -0.3 is 5.11 Å². The molecular formula is C20H32O2. The van der Waals surface area contributed by atoms with Gasteiger partial charge in [0.25, 0.3) is 0 Å². The van der Waals surface area contributed by atoms with Gasteiger partial charge in [0.1, 0.15) is 5.78 Å². The average Bonchev–Trinajstić information content (AvgIpc) is 2.43. The van der Waals surface area contributed by atoms with Crippen LogP contribution in [0.4, 0.5) is 0 Å².